The van der Waals surface area contributed by atoms with Crippen LogP contribution in [0.15, 0.2) is 29.6 Å². The zero-order chi connectivity index (χ0) is 26.2. The Labute approximate surface area is 200 Å². The molecule has 0 unspecified atom stereocenters. The van der Waals surface area contributed by atoms with Crippen LogP contribution in [0.25, 0.3) is 0 Å². The average molecular weight is 496 g/mol. The Balaban J connectivity index is 2.24. The molecule has 35 heavy (non-hydrogen) atoms. The molecular weight excluding hydrogens is 471 g/mol. The lowest BCUT2D eigenvalue weighted by Crippen LogP contribution is -2.43. The van der Waals surface area contributed by atoms with Crippen molar-refractivity contribution in [3.63, 3.8) is 0 Å². The van der Waals surface area contributed by atoms with Crippen LogP contribution in [0.3, 0.4) is 0 Å². The predicted octanol–water partition coefficient (Wildman–Crippen LogP) is 4.57. The lowest BCUT2D eigenvalue weighted by molar-refractivity contribution is -0.138. The van der Waals surface area contributed by atoms with Crippen LogP contribution in [0.5, 0.6) is 0 Å². The molecule has 2 aromatic rings. The Kier molecular flexibility index (Phi) is 9.50. The average Bonchev–Trinajstić information content (AvgIpc) is 2.80. The second kappa shape index (κ2) is 12.1. The molecule has 0 saturated carbocycles. The first kappa shape index (κ1) is 27.5. The molecule has 0 radical (unpaired) electrons. The van der Waals surface area contributed by atoms with Crippen LogP contribution in [0.2, 0.25) is 0 Å². The maximum absolute atomic E-state index is 14.7. The van der Waals surface area contributed by atoms with Crippen LogP contribution in [-0.2, 0) is 6.18 Å². The Morgan fingerprint density at radius 3 is 2.46 bits per heavy atom. The van der Waals surface area contributed by atoms with Gasteiger partial charge in [0.05, 0.1) is 17.3 Å². The third-order valence-corrected chi connectivity index (χ3v) is 4.82. The van der Waals surface area contributed by atoms with Crippen LogP contribution >= 0.6 is 0 Å². The van der Waals surface area contributed by atoms with Crippen LogP contribution in [0.1, 0.15) is 43.1 Å². The molecule has 1 aromatic heterocycles. The van der Waals surface area contributed by atoms with E-state index in [0.717, 1.165) is 11.1 Å². The third kappa shape index (κ3) is 7.37. The van der Waals surface area contributed by atoms with E-state index in [9.17, 15) is 26.7 Å². The van der Waals surface area contributed by atoms with Crippen LogP contribution in [0, 0.1) is 23.5 Å². The van der Waals surface area contributed by atoms with Crippen molar-refractivity contribution in [2.75, 3.05) is 30.5 Å². The number of aromatic nitrogens is 2. The fraction of sp³-hybridized carbons (Fsp3) is 0.391. The van der Waals surface area contributed by atoms with Gasteiger partial charge in [0.1, 0.15) is 11.5 Å². The summed E-state index contributed by atoms with van der Waals surface area (Å²) >= 11 is 0. The zero-order valence-electron chi connectivity index (χ0n) is 19.6. The molecule has 0 aliphatic heterocycles. The molecule has 0 aliphatic carbocycles. The molecule has 0 spiro atoms. The van der Waals surface area contributed by atoms with E-state index < -0.39 is 35.3 Å². The quantitative estimate of drug-likeness (QED) is 0.251. The maximum atomic E-state index is 14.7. The number of nitrogens with one attached hydrogen (secondary N) is 1. The largest absolute Gasteiger partial charge is 0.419 e. The number of benzene rings is 1. The van der Waals surface area contributed by atoms with Gasteiger partial charge in [-0.05, 0) is 19.9 Å². The Morgan fingerprint density at radius 2 is 1.89 bits per heavy atom. The molecule has 0 bridgehead atoms. The zero-order valence-corrected chi connectivity index (χ0v) is 19.6. The van der Waals surface area contributed by atoms with Crippen molar-refractivity contribution in [3.05, 3.63) is 47.3 Å². The minimum Gasteiger partial charge on any atom is -0.352 e. The van der Waals surface area contributed by atoms with Crippen molar-refractivity contribution >= 4 is 23.8 Å². The number of hydrogen-bond donors (Lipinski definition) is 1. The van der Waals surface area contributed by atoms with Gasteiger partial charge in [0.2, 0.25) is 5.95 Å². The Morgan fingerprint density at radius 1 is 1.23 bits per heavy atom. The summed E-state index contributed by atoms with van der Waals surface area (Å²) in [4.78, 5) is 21.9. The number of rotatable bonds is 8. The fourth-order valence-corrected chi connectivity index (χ4v) is 3.10. The molecule has 0 aliphatic rings. The Hall–Kier alpha value is -3.75. The number of anilines is 2. The number of halogens is 5. The minimum atomic E-state index is -4.56. The summed E-state index contributed by atoms with van der Waals surface area (Å²) in [6.07, 6.45) is -1.43. The summed E-state index contributed by atoms with van der Waals surface area (Å²) in [6, 6.07) is 1.03. The van der Waals surface area contributed by atoms with Crippen molar-refractivity contribution in [2.45, 2.75) is 39.4 Å². The lowest BCUT2D eigenvalue weighted by atomic mass is 10.1. The number of hydrogen-bond acceptors (Lipinski definition) is 6. The van der Waals surface area contributed by atoms with Crippen LogP contribution < -0.4 is 10.3 Å². The number of alkyl halides is 3. The molecule has 188 valence electrons. The highest BCUT2D eigenvalue weighted by Gasteiger charge is 2.31. The first-order chi connectivity index (χ1) is 16.5. The van der Waals surface area contributed by atoms with Crippen molar-refractivity contribution in [2.24, 2.45) is 5.10 Å². The highest BCUT2D eigenvalue weighted by molar-refractivity contribution is 6.00. The smallest absolute Gasteiger partial charge is 0.352 e. The topological polar surface area (TPSA) is 73.7 Å². The second-order valence-electron chi connectivity index (χ2n) is 7.34. The van der Waals surface area contributed by atoms with E-state index in [2.05, 4.69) is 32.2 Å². The van der Waals surface area contributed by atoms with Gasteiger partial charge in [-0.3, -0.25) is 9.80 Å². The number of hydrazone groups is 1. The summed E-state index contributed by atoms with van der Waals surface area (Å²) in [6.45, 7) is 5.44. The summed E-state index contributed by atoms with van der Waals surface area (Å²) in [5.41, 5.74) is -1.46. The summed E-state index contributed by atoms with van der Waals surface area (Å²) in [5.74, 6) is 2.79. The van der Waals surface area contributed by atoms with Gasteiger partial charge in [-0.15, -0.1) is 0 Å². The molecule has 1 atom stereocenters. The second-order valence-corrected chi connectivity index (χ2v) is 7.34. The van der Waals surface area contributed by atoms with Gasteiger partial charge < -0.3 is 10.2 Å². The van der Waals surface area contributed by atoms with Gasteiger partial charge in [-0.2, -0.15) is 18.3 Å². The molecule has 12 heteroatoms. The monoisotopic (exact) mass is 496 g/mol. The minimum absolute atomic E-state index is 0.0619. The van der Waals surface area contributed by atoms with Crippen molar-refractivity contribution in [1.82, 2.24) is 14.9 Å². The van der Waals surface area contributed by atoms with Crippen LogP contribution in [0.4, 0.5) is 33.6 Å². The van der Waals surface area contributed by atoms with Gasteiger partial charge in [-0.1, -0.05) is 18.8 Å². The van der Waals surface area contributed by atoms with E-state index >= 15 is 0 Å². The van der Waals surface area contributed by atoms with Crippen molar-refractivity contribution in [1.29, 1.82) is 0 Å². The van der Waals surface area contributed by atoms with Gasteiger partial charge in [0.15, 0.2) is 5.82 Å². The van der Waals surface area contributed by atoms with Gasteiger partial charge >= 0.3 is 6.18 Å². The number of amides is 1. The van der Waals surface area contributed by atoms with E-state index in [-0.39, 0.29) is 30.3 Å². The van der Waals surface area contributed by atoms with Gasteiger partial charge in [-0.25, -0.2) is 18.7 Å². The highest BCUT2D eigenvalue weighted by atomic mass is 19.4. The SMILES string of the molecule is CCC#C/C=N\N(C)c1c(F)cc(F)cc1C(=O)N(CC)[C@@H](C)CNc1ncc(C(F)(F)F)cn1. The summed E-state index contributed by atoms with van der Waals surface area (Å²) < 4.78 is 66.7. The van der Waals surface area contributed by atoms with E-state index in [1.165, 1.54) is 18.2 Å². The van der Waals surface area contributed by atoms with Crippen molar-refractivity contribution < 1.29 is 26.7 Å². The molecule has 2 rings (SSSR count). The van der Waals surface area contributed by atoms with E-state index in [1.807, 2.05) is 6.92 Å². The maximum Gasteiger partial charge on any atom is 0.419 e. The van der Waals surface area contributed by atoms with Gasteiger partial charge in [0.25, 0.3) is 5.91 Å². The van der Waals surface area contributed by atoms with E-state index in [0.29, 0.717) is 24.9 Å². The first-order valence-corrected chi connectivity index (χ1v) is 10.7. The number of carbonyl (C=O) groups excluding carboxylic acids is 1. The van der Waals surface area contributed by atoms with Crippen molar-refractivity contribution in [3.8, 4) is 11.8 Å². The first-order valence-electron chi connectivity index (χ1n) is 10.7. The molecule has 0 saturated heterocycles. The van der Waals surface area contributed by atoms with Gasteiger partial charge in [0, 0.05) is 51.1 Å². The van der Waals surface area contributed by atoms with Crippen LogP contribution in [-0.4, -0.2) is 53.2 Å². The molecule has 1 heterocycles. The fourth-order valence-electron chi connectivity index (χ4n) is 3.10. The molecule has 0 fully saturated rings. The highest BCUT2D eigenvalue weighted by Crippen LogP contribution is 2.29. The molecule has 1 N–H and O–H groups in total. The number of nitrogens with zero attached hydrogens (tertiary/aromatic N) is 5. The summed E-state index contributed by atoms with van der Waals surface area (Å²) in [5, 5.41) is 7.85. The normalized spacial score (nSPS) is 12.1. The molecule has 7 nitrogen and oxygen atoms in total. The molecule has 1 amide bonds. The van der Waals surface area contributed by atoms with E-state index in [1.54, 1.807) is 13.8 Å². The molecule has 1 aromatic carbocycles. The number of carbonyl (C=O) groups is 1. The lowest BCUT2D eigenvalue weighted by Gasteiger charge is -2.30. The van der Waals surface area contributed by atoms with E-state index in [4.69, 9.17) is 0 Å². The standard InChI is InChI=1S/C23H25F5N6O/c1-5-7-8-9-32-33(4)20-18(10-17(24)11-19(20)25)21(35)34(6-2)15(3)12-29-22-30-13-16(14-31-22)23(26,27)28/h9-11,13-15H,5-6,12H2,1-4H3,(H,29,30,31)/b32-9-/t15-/m0/s1. The predicted molar refractivity (Wildman–Crippen MR) is 123 cm³/mol. The number of likely N-dealkylation sites (N-methyl/N-ethyl adjacent to an activating group) is 1. The molecular formula is C23H25F5N6O. The third-order valence-electron chi connectivity index (χ3n) is 4.82. The Bertz CT molecular complexity index is 1110. The summed E-state index contributed by atoms with van der Waals surface area (Å²) in [7, 11) is 1.40.